The second-order valence-electron chi connectivity index (χ2n) is 7.98. The van der Waals surface area contributed by atoms with Crippen molar-refractivity contribution in [2.45, 2.75) is 33.4 Å². The van der Waals surface area contributed by atoms with Crippen molar-refractivity contribution in [2.24, 2.45) is 5.73 Å². The molecule has 0 atom stereocenters. The zero-order chi connectivity index (χ0) is 24.2. The molecule has 0 bridgehead atoms. The number of carbonyl (C=O) groups is 1. The molecule has 0 fully saturated rings. The number of hydrogen-bond acceptors (Lipinski definition) is 5. The average molecular weight is 465 g/mol. The summed E-state index contributed by atoms with van der Waals surface area (Å²) in [6.07, 6.45) is 0.0811. The first kappa shape index (κ1) is 23.4. The highest BCUT2D eigenvalue weighted by Crippen LogP contribution is 2.35. The number of hydrogen-bond donors (Lipinski definition) is 1. The van der Waals surface area contributed by atoms with Crippen LogP contribution in [0.15, 0.2) is 59.0 Å². The van der Waals surface area contributed by atoms with Crippen molar-refractivity contribution >= 4 is 16.9 Å². The molecule has 34 heavy (non-hydrogen) atoms. The van der Waals surface area contributed by atoms with Gasteiger partial charge in [0.2, 0.25) is 0 Å². The molecule has 0 aliphatic heterocycles. The second kappa shape index (κ2) is 10.1. The molecule has 1 aromatic heterocycles. The Kier molecular flexibility index (Phi) is 6.93. The van der Waals surface area contributed by atoms with Crippen LogP contribution in [-0.2, 0) is 29.1 Å². The maximum Gasteiger partial charge on any atom is 0.310 e. The minimum Gasteiger partial charge on any atom is -0.489 e. The Morgan fingerprint density at radius 2 is 1.85 bits per heavy atom. The van der Waals surface area contributed by atoms with Crippen LogP contribution in [0.1, 0.15) is 29.2 Å². The van der Waals surface area contributed by atoms with Crippen molar-refractivity contribution in [3.05, 3.63) is 88.7 Å². The van der Waals surface area contributed by atoms with E-state index in [1.165, 1.54) is 6.07 Å². The van der Waals surface area contributed by atoms with E-state index in [9.17, 15) is 9.18 Å². The van der Waals surface area contributed by atoms with Gasteiger partial charge < -0.3 is 19.6 Å². The first-order valence-corrected chi connectivity index (χ1v) is 11.0. The summed E-state index contributed by atoms with van der Waals surface area (Å²) < 4.78 is 45.4. The number of carbonyl (C=O) groups excluding carboxylic acids is 1. The van der Waals surface area contributed by atoms with E-state index < -0.39 is 11.8 Å². The number of ether oxygens (including phenoxy) is 2. The van der Waals surface area contributed by atoms with Crippen LogP contribution in [0.5, 0.6) is 5.75 Å². The molecule has 176 valence electrons. The Hall–Kier alpha value is -3.71. The quantitative estimate of drug-likeness (QED) is 0.332. The summed E-state index contributed by atoms with van der Waals surface area (Å²) in [7, 11) is 0. The van der Waals surface area contributed by atoms with Gasteiger partial charge in [-0.05, 0) is 43.2 Å². The summed E-state index contributed by atoms with van der Waals surface area (Å²) in [6.45, 7) is 4.13. The summed E-state index contributed by atoms with van der Waals surface area (Å²) in [4.78, 5) is 12.0. The van der Waals surface area contributed by atoms with Gasteiger partial charge >= 0.3 is 5.97 Å². The number of aryl methyl sites for hydroxylation is 1. The van der Waals surface area contributed by atoms with E-state index in [0.717, 1.165) is 5.56 Å². The molecule has 0 unspecified atom stereocenters. The molecule has 2 N–H and O–H groups in total. The Labute approximate surface area is 196 Å². The number of furan rings is 1. The van der Waals surface area contributed by atoms with Gasteiger partial charge in [-0.1, -0.05) is 30.3 Å². The molecule has 3 aromatic carbocycles. The highest BCUT2D eigenvalue weighted by molar-refractivity contribution is 5.93. The summed E-state index contributed by atoms with van der Waals surface area (Å²) in [5.74, 6) is -0.273. The average Bonchev–Trinajstić information content (AvgIpc) is 3.19. The van der Waals surface area contributed by atoms with Gasteiger partial charge in [0.1, 0.15) is 23.8 Å². The summed E-state index contributed by atoms with van der Waals surface area (Å²) >= 11 is 0. The van der Waals surface area contributed by atoms with Gasteiger partial charge in [0.15, 0.2) is 0 Å². The third kappa shape index (κ3) is 4.94. The van der Waals surface area contributed by atoms with Crippen molar-refractivity contribution in [3.63, 3.8) is 0 Å². The maximum atomic E-state index is 15.1. The Bertz CT molecular complexity index is 1350. The fraction of sp³-hybridized carbons (Fsp3) is 0.222. The van der Waals surface area contributed by atoms with Crippen LogP contribution in [0, 0.1) is 18.8 Å². The van der Waals surface area contributed by atoms with Crippen LogP contribution < -0.4 is 10.5 Å². The lowest BCUT2D eigenvalue weighted by molar-refractivity contribution is -0.142. The minimum atomic E-state index is -0.764. The number of fused-ring (bicyclic) bond motifs is 1. The normalized spacial score (nSPS) is 11.1. The lowest BCUT2D eigenvalue weighted by Crippen LogP contribution is -2.09. The van der Waals surface area contributed by atoms with E-state index in [-0.39, 0.29) is 36.7 Å². The number of benzene rings is 3. The van der Waals surface area contributed by atoms with Crippen molar-refractivity contribution in [1.29, 1.82) is 0 Å². The molecule has 0 saturated heterocycles. The van der Waals surface area contributed by atoms with E-state index in [0.29, 0.717) is 40.0 Å². The van der Waals surface area contributed by atoms with E-state index >= 15 is 4.39 Å². The highest BCUT2D eigenvalue weighted by atomic mass is 19.1. The van der Waals surface area contributed by atoms with Crippen LogP contribution in [0.25, 0.3) is 22.1 Å². The number of esters is 1. The van der Waals surface area contributed by atoms with Gasteiger partial charge in [0.05, 0.1) is 13.0 Å². The van der Waals surface area contributed by atoms with Gasteiger partial charge in [-0.15, -0.1) is 0 Å². The van der Waals surface area contributed by atoms with E-state index in [2.05, 4.69) is 0 Å². The minimum absolute atomic E-state index is 0.0364. The molecule has 7 heteroatoms. The smallest absolute Gasteiger partial charge is 0.310 e. The van der Waals surface area contributed by atoms with Crippen LogP contribution in [0.4, 0.5) is 8.78 Å². The fourth-order valence-electron chi connectivity index (χ4n) is 3.88. The van der Waals surface area contributed by atoms with Crippen LogP contribution >= 0.6 is 0 Å². The summed E-state index contributed by atoms with van der Waals surface area (Å²) in [5.41, 5.74) is 9.27. The molecule has 0 aliphatic rings. The highest BCUT2D eigenvalue weighted by Gasteiger charge is 2.18. The monoisotopic (exact) mass is 465 g/mol. The van der Waals surface area contributed by atoms with Crippen molar-refractivity contribution in [2.75, 3.05) is 6.61 Å². The Morgan fingerprint density at radius 1 is 1.03 bits per heavy atom. The van der Waals surface area contributed by atoms with Gasteiger partial charge in [0.25, 0.3) is 6.01 Å². The maximum absolute atomic E-state index is 15.1. The molecular weight excluding hydrogens is 440 g/mol. The fourth-order valence-corrected chi connectivity index (χ4v) is 3.88. The molecule has 4 aromatic rings. The molecule has 0 saturated carbocycles. The molecule has 0 amide bonds. The van der Waals surface area contributed by atoms with Crippen LogP contribution in [0.2, 0.25) is 0 Å². The first-order valence-electron chi connectivity index (χ1n) is 11.0. The zero-order valence-electron chi connectivity index (χ0n) is 19.0. The topological polar surface area (TPSA) is 74.7 Å². The van der Waals surface area contributed by atoms with Crippen LogP contribution in [0.3, 0.4) is 0 Å². The second-order valence-corrected chi connectivity index (χ2v) is 7.98. The number of nitrogens with two attached hydrogens (primary N) is 1. The molecule has 0 radical (unpaired) electrons. The van der Waals surface area contributed by atoms with Crippen LogP contribution in [-0.4, -0.2) is 12.6 Å². The molecule has 0 spiro atoms. The lowest BCUT2D eigenvalue weighted by atomic mass is 9.98. The lowest BCUT2D eigenvalue weighted by Gasteiger charge is -2.14. The Balaban J connectivity index is 1.70. The van der Waals surface area contributed by atoms with E-state index in [4.69, 9.17) is 19.6 Å². The molecule has 5 nitrogen and oxygen atoms in total. The van der Waals surface area contributed by atoms with Gasteiger partial charge in [-0.25, -0.2) is 4.39 Å². The van der Waals surface area contributed by atoms with E-state index in [1.807, 2.05) is 25.1 Å². The largest absolute Gasteiger partial charge is 0.489 e. The predicted molar refractivity (Wildman–Crippen MR) is 125 cm³/mol. The SMILES string of the molecule is CCOC(=O)Cc1ccc(C)cc1OCc1cc(-c2cccc(CN)c2F)c2oc(F)cc2c1. The van der Waals surface area contributed by atoms with Crippen molar-refractivity contribution < 1.29 is 27.5 Å². The molecule has 0 aliphatic carbocycles. The molecule has 4 rings (SSSR count). The van der Waals surface area contributed by atoms with Crippen molar-refractivity contribution in [1.82, 2.24) is 0 Å². The third-order valence-electron chi connectivity index (χ3n) is 5.49. The predicted octanol–water partition coefficient (Wildman–Crippen LogP) is 5.83. The van der Waals surface area contributed by atoms with Gasteiger partial charge in [0, 0.05) is 40.3 Å². The molecule has 1 heterocycles. The summed E-state index contributed by atoms with van der Waals surface area (Å²) in [6, 6.07) is 14.4. The summed E-state index contributed by atoms with van der Waals surface area (Å²) in [5, 5.41) is 0.488. The molecular formula is C27H25F2NO4. The number of rotatable bonds is 8. The first-order chi connectivity index (χ1) is 16.4. The Morgan fingerprint density at radius 3 is 2.62 bits per heavy atom. The standard InChI is InChI=1S/C27H25F2NO4/c1-3-32-25(31)13-18-8-7-16(2)9-23(18)33-15-17-10-20-12-24(28)34-27(20)22(11-17)21-6-4-5-19(14-30)26(21)29/h4-12H,3,13-15,30H2,1-2H3. The van der Waals surface area contributed by atoms with E-state index in [1.54, 1.807) is 37.3 Å². The van der Waals surface area contributed by atoms with Crippen molar-refractivity contribution in [3.8, 4) is 16.9 Å². The van der Waals surface area contributed by atoms with Gasteiger partial charge in [-0.2, -0.15) is 4.39 Å². The third-order valence-corrected chi connectivity index (χ3v) is 5.49. The zero-order valence-corrected chi connectivity index (χ0v) is 19.0. The number of halogens is 2. The van der Waals surface area contributed by atoms with Gasteiger partial charge in [-0.3, -0.25) is 4.79 Å².